The van der Waals surface area contributed by atoms with Gasteiger partial charge in [0.25, 0.3) is 0 Å². The summed E-state index contributed by atoms with van der Waals surface area (Å²) in [5.41, 5.74) is 7.84. The fraction of sp³-hybridized carbons (Fsp3) is 0.143. The van der Waals surface area contributed by atoms with E-state index in [4.69, 9.17) is 11.5 Å². The number of rotatable bonds is 2. The molecule has 23 heavy (non-hydrogen) atoms. The van der Waals surface area contributed by atoms with Gasteiger partial charge in [0.1, 0.15) is 11.5 Å². The van der Waals surface area contributed by atoms with E-state index in [-0.39, 0.29) is 22.6 Å². The van der Waals surface area contributed by atoms with E-state index in [1.54, 1.807) is 0 Å². The van der Waals surface area contributed by atoms with Crippen molar-refractivity contribution in [2.75, 3.05) is 11.5 Å². The van der Waals surface area contributed by atoms with Crippen molar-refractivity contribution in [3.63, 3.8) is 0 Å². The summed E-state index contributed by atoms with van der Waals surface area (Å²) in [7, 11) is 0. The summed E-state index contributed by atoms with van der Waals surface area (Å²) >= 11 is 0. The molecule has 0 aliphatic carbocycles. The Kier molecular flexibility index (Phi) is 3.75. The third-order valence-corrected chi connectivity index (χ3v) is 3.21. The molecule has 4 nitrogen and oxygen atoms in total. The summed E-state index contributed by atoms with van der Waals surface area (Å²) in [5, 5.41) is 18.9. The van der Waals surface area contributed by atoms with Crippen LogP contribution in [0.15, 0.2) is 30.3 Å². The van der Waals surface area contributed by atoms with Gasteiger partial charge in [0, 0.05) is 0 Å². The van der Waals surface area contributed by atoms with Crippen LogP contribution in [0.1, 0.15) is 5.56 Å². The molecule has 9 heteroatoms. The van der Waals surface area contributed by atoms with Gasteiger partial charge in [-0.05, 0) is 35.4 Å². The topological polar surface area (TPSA) is 92.5 Å². The summed E-state index contributed by atoms with van der Waals surface area (Å²) in [6.07, 6.45) is -5.87. The van der Waals surface area contributed by atoms with Crippen LogP contribution in [0.5, 0.6) is 11.5 Å². The Hall–Kier alpha value is -2.71. The fourth-order valence-corrected chi connectivity index (χ4v) is 1.95. The van der Waals surface area contributed by atoms with Crippen LogP contribution in [0.2, 0.25) is 0 Å². The highest BCUT2D eigenvalue weighted by molar-refractivity contribution is 5.76. The molecule has 0 fully saturated rings. The highest BCUT2D eigenvalue weighted by Crippen LogP contribution is 2.49. The number of anilines is 2. The highest BCUT2D eigenvalue weighted by atomic mass is 19.4. The fourth-order valence-electron chi connectivity index (χ4n) is 1.95. The molecule has 0 spiro atoms. The van der Waals surface area contributed by atoms with Gasteiger partial charge in [-0.25, -0.2) is 0 Å². The molecule has 2 rings (SSSR count). The average Bonchev–Trinajstić information content (AvgIpc) is 2.43. The highest BCUT2D eigenvalue weighted by Gasteiger charge is 2.59. The van der Waals surface area contributed by atoms with Crippen molar-refractivity contribution < 1.29 is 32.2 Å². The Morgan fingerprint density at radius 2 is 1.39 bits per heavy atom. The maximum atomic E-state index is 13.6. The lowest BCUT2D eigenvalue weighted by Gasteiger charge is -2.22. The number of benzene rings is 2. The van der Waals surface area contributed by atoms with Crippen LogP contribution in [-0.2, 0) is 5.92 Å². The second kappa shape index (κ2) is 5.18. The third kappa shape index (κ3) is 2.81. The molecule has 0 aliphatic rings. The lowest BCUT2D eigenvalue weighted by atomic mass is 9.97. The molecule has 2 aromatic carbocycles. The molecule has 0 aliphatic heterocycles. The molecule has 0 radical (unpaired) electrons. The number of hydrogen-bond acceptors (Lipinski definition) is 4. The first-order valence-corrected chi connectivity index (χ1v) is 6.11. The Balaban J connectivity index is 2.68. The van der Waals surface area contributed by atoms with Crippen molar-refractivity contribution in [2.45, 2.75) is 12.1 Å². The number of alkyl halides is 5. The molecule has 0 saturated heterocycles. The van der Waals surface area contributed by atoms with Crippen LogP contribution >= 0.6 is 0 Å². The molecule has 0 saturated carbocycles. The molecule has 0 atom stereocenters. The van der Waals surface area contributed by atoms with Crippen molar-refractivity contribution in [3.05, 3.63) is 35.9 Å². The van der Waals surface area contributed by atoms with Gasteiger partial charge < -0.3 is 21.7 Å². The minimum absolute atomic E-state index is 0.108. The maximum absolute atomic E-state index is 13.6. The summed E-state index contributed by atoms with van der Waals surface area (Å²) < 4.78 is 64.7. The molecule has 6 N–H and O–H groups in total. The molecule has 0 heterocycles. The van der Waals surface area contributed by atoms with E-state index in [0.29, 0.717) is 6.07 Å². The van der Waals surface area contributed by atoms with E-state index in [0.717, 1.165) is 18.2 Å². The average molecular weight is 334 g/mol. The Labute approximate surface area is 126 Å². The van der Waals surface area contributed by atoms with Gasteiger partial charge in [0.2, 0.25) is 0 Å². The van der Waals surface area contributed by atoms with Crippen LogP contribution in [0.4, 0.5) is 33.3 Å². The number of hydrogen-bond donors (Lipinski definition) is 4. The smallest absolute Gasteiger partial charge is 0.458 e. The lowest BCUT2D eigenvalue weighted by Crippen LogP contribution is -2.34. The molecular weight excluding hydrogens is 323 g/mol. The van der Waals surface area contributed by atoms with Gasteiger partial charge in [0.05, 0.1) is 16.9 Å². The zero-order valence-corrected chi connectivity index (χ0v) is 11.3. The summed E-state index contributed by atoms with van der Waals surface area (Å²) in [5.74, 6) is -6.45. The third-order valence-electron chi connectivity index (χ3n) is 3.21. The molecule has 124 valence electrons. The van der Waals surface area contributed by atoms with Crippen LogP contribution in [-0.4, -0.2) is 16.4 Å². The van der Waals surface area contributed by atoms with Crippen molar-refractivity contribution in [3.8, 4) is 22.6 Å². The quantitative estimate of drug-likeness (QED) is 0.384. The minimum atomic E-state index is -5.87. The first kappa shape index (κ1) is 16.7. The number of phenolic OH excluding ortho intramolecular Hbond substituents is 2. The van der Waals surface area contributed by atoms with Crippen LogP contribution in [0, 0.1) is 0 Å². The van der Waals surface area contributed by atoms with Crippen molar-refractivity contribution in [1.29, 1.82) is 0 Å². The normalized spacial score (nSPS) is 12.4. The van der Waals surface area contributed by atoms with Crippen LogP contribution in [0.3, 0.4) is 0 Å². The van der Waals surface area contributed by atoms with Gasteiger partial charge in [-0.2, -0.15) is 22.0 Å². The number of nitrogen functional groups attached to an aromatic ring is 2. The largest absolute Gasteiger partial charge is 0.506 e. The van der Waals surface area contributed by atoms with Crippen LogP contribution in [0.25, 0.3) is 11.1 Å². The van der Waals surface area contributed by atoms with Crippen molar-refractivity contribution >= 4 is 11.4 Å². The molecular formula is C14H11F5N2O2. The predicted octanol–water partition coefficient (Wildman–Crippen LogP) is 3.58. The molecule has 0 bridgehead atoms. The SMILES string of the molecule is Nc1cc(-c2cc(O)c(N)c(C(F)(F)C(F)(F)F)c2)ccc1O. The van der Waals surface area contributed by atoms with E-state index >= 15 is 0 Å². The van der Waals surface area contributed by atoms with Crippen molar-refractivity contribution in [1.82, 2.24) is 0 Å². The number of phenols is 2. The van der Waals surface area contributed by atoms with Crippen molar-refractivity contribution in [2.24, 2.45) is 0 Å². The predicted molar refractivity (Wildman–Crippen MR) is 74.0 cm³/mol. The number of halogens is 5. The second-order valence-electron chi connectivity index (χ2n) is 4.80. The number of aromatic hydroxyl groups is 2. The zero-order valence-electron chi connectivity index (χ0n) is 11.3. The van der Waals surface area contributed by atoms with E-state index in [9.17, 15) is 32.2 Å². The first-order valence-electron chi connectivity index (χ1n) is 6.11. The zero-order chi connectivity index (χ0) is 17.6. The lowest BCUT2D eigenvalue weighted by molar-refractivity contribution is -0.289. The van der Waals surface area contributed by atoms with Crippen LogP contribution < -0.4 is 11.5 Å². The standard InChI is InChI=1S/C14H11F5N2O2/c15-13(16,14(17,18)19)8-3-7(5-11(23)12(8)21)6-1-2-10(22)9(20)4-6/h1-5,22-23H,20-21H2. The Morgan fingerprint density at radius 3 is 1.91 bits per heavy atom. The first-order chi connectivity index (χ1) is 10.4. The Bertz CT molecular complexity index is 760. The van der Waals surface area contributed by atoms with Gasteiger partial charge in [0.15, 0.2) is 0 Å². The molecule has 0 amide bonds. The Morgan fingerprint density at radius 1 is 0.783 bits per heavy atom. The van der Waals surface area contributed by atoms with E-state index < -0.39 is 29.1 Å². The van der Waals surface area contributed by atoms with Gasteiger partial charge >= 0.3 is 12.1 Å². The second-order valence-corrected chi connectivity index (χ2v) is 4.80. The molecule has 0 unspecified atom stereocenters. The van der Waals surface area contributed by atoms with E-state index in [2.05, 4.69) is 0 Å². The molecule has 0 aromatic heterocycles. The monoisotopic (exact) mass is 334 g/mol. The van der Waals surface area contributed by atoms with E-state index in [1.807, 2.05) is 0 Å². The molecule has 2 aromatic rings. The maximum Gasteiger partial charge on any atom is 0.458 e. The van der Waals surface area contributed by atoms with E-state index in [1.165, 1.54) is 6.07 Å². The van der Waals surface area contributed by atoms with Gasteiger partial charge in [-0.1, -0.05) is 6.07 Å². The summed E-state index contributed by atoms with van der Waals surface area (Å²) in [6.45, 7) is 0. The summed E-state index contributed by atoms with van der Waals surface area (Å²) in [6, 6.07) is 4.99. The van der Waals surface area contributed by atoms with Gasteiger partial charge in [-0.3, -0.25) is 0 Å². The number of nitrogens with two attached hydrogens (primary N) is 2. The van der Waals surface area contributed by atoms with Gasteiger partial charge in [-0.15, -0.1) is 0 Å². The minimum Gasteiger partial charge on any atom is -0.506 e. The summed E-state index contributed by atoms with van der Waals surface area (Å²) in [4.78, 5) is 0.